The second-order valence-electron chi connectivity index (χ2n) is 8.06. The van der Waals surface area contributed by atoms with E-state index in [1.165, 1.54) is 23.5 Å². The summed E-state index contributed by atoms with van der Waals surface area (Å²) in [6.07, 6.45) is 1.56. The smallest absolute Gasteiger partial charge is 0.240 e. The van der Waals surface area contributed by atoms with E-state index >= 15 is 0 Å². The fraction of sp³-hybridized carbons (Fsp3) is 0.360. The number of methoxy groups -OCH3 is 1. The molecule has 204 valence electrons. The van der Waals surface area contributed by atoms with Gasteiger partial charge in [0.1, 0.15) is 0 Å². The van der Waals surface area contributed by atoms with E-state index in [-0.39, 0.29) is 23.9 Å². The summed E-state index contributed by atoms with van der Waals surface area (Å²) in [5.41, 5.74) is 4.48. The van der Waals surface area contributed by atoms with Crippen LogP contribution in [0, 0.1) is 0 Å². The van der Waals surface area contributed by atoms with Crippen LogP contribution in [0.25, 0.3) is 21.1 Å². The van der Waals surface area contributed by atoms with E-state index in [0.29, 0.717) is 50.9 Å². The van der Waals surface area contributed by atoms with Crippen LogP contribution in [0.5, 0.6) is 5.88 Å². The maximum atomic E-state index is 12.6. The Morgan fingerprint density at radius 2 is 1.68 bits per heavy atom. The first-order chi connectivity index (χ1) is 18.5. The molecule has 0 aliphatic rings. The molecule has 0 bridgehead atoms. The zero-order valence-corrected chi connectivity index (χ0v) is 22.5. The zero-order valence-electron chi connectivity index (χ0n) is 20.9. The Morgan fingerprint density at radius 1 is 1.00 bits per heavy atom. The molecule has 0 saturated heterocycles. The number of thiazole rings is 1. The van der Waals surface area contributed by atoms with Crippen molar-refractivity contribution in [1.82, 2.24) is 14.7 Å². The van der Waals surface area contributed by atoms with Gasteiger partial charge < -0.3 is 29.0 Å². The number of ether oxygens (including phenoxy) is 4. The van der Waals surface area contributed by atoms with Crippen LogP contribution in [0.4, 0.5) is 5.69 Å². The van der Waals surface area contributed by atoms with Crippen molar-refractivity contribution in [3.63, 3.8) is 0 Å². The standard InChI is InChI=1S/C25H30N4O7S2/c1-33-10-11-35-14-15-36-13-12-34-9-8-28-38(31,32)19-4-2-18(3-5-19)26-16-20-23-21(29-25(20)30)6-7-22-24(23)37-17-27-22/h2-7,16-17,28-30H,8-15H2,1H3. The number of H-pyrrole nitrogens is 1. The molecule has 3 N–H and O–H groups in total. The first-order valence-electron chi connectivity index (χ1n) is 11.9. The predicted molar refractivity (Wildman–Crippen MR) is 146 cm³/mol. The molecule has 0 amide bonds. The Labute approximate surface area is 224 Å². The maximum Gasteiger partial charge on any atom is 0.240 e. The molecule has 2 aromatic carbocycles. The number of benzene rings is 2. The van der Waals surface area contributed by atoms with Crippen molar-refractivity contribution in [3.05, 3.63) is 47.5 Å². The lowest BCUT2D eigenvalue weighted by Gasteiger charge is -2.08. The number of nitrogens with one attached hydrogen (secondary N) is 2. The number of hydrogen-bond donors (Lipinski definition) is 3. The van der Waals surface area contributed by atoms with Crippen LogP contribution in [0.1, 0.15) is 5.56 Å². The molecule has 4 rings (SSSR count). The molecule has 4 aromatic rings. The Hall–Kier alpha value is -2.91. The van der Waals surface area contributed by atoms with Gasteiger partial charge >= 0.3 is 0 Å². The summed E-state index contributed by atoms with van der Waals surface area (Å²) in [6, 6.07) is 9.92. The lowest BCUT2D eigenvalue weighted by Crippen LogP contribution is -2.27. The third kappa shape index (κ3) is 7.35. The number of nitrogens with zero attached hydrogens (tertiary/aromatic N) is 2. The van der Waals surface area contributed by atoms with E-state index < -0.39 is 10.0 Å². The number of aromatic nitrogens is 2. The van der Waals surface area contributed by atoms with Crippen LogP contribution < -0.4 is 4.72 Å². The van der Waals surface area contributed by atoms with E-state index in [9.17, 15) is 13.5 Å². The molecular formula is C25H30N4O7S2. The van der Waals surface area contributed by atoms with E-state index in [0.717, 1.165) is 21.1 Å². The summed E-state index contributed by atoms with van der Waals surface area (Å²) in [5.74, 6) is 0.00814. The largest absolute Gasteiger partial charge is 0.494 e. The Morgan fingerprint density at radius 3 is 2.39 bits per heavy atom. The highest BCUT2D eigenvalue weighted by Gasteiger charge is 2.15. The summed E-state index contributed by atoms with van der Waals surface area (Å²) in [4.78, 5) is 11.8. The second kappa shape index (κ2) is 13.8. The quantitative estimate of drug-likeness (QED) is 0.139. The van der Waals surface area contributed by atoms with Crippen LogP contribution in [0.2, 0.25) is 0 Å². The van der Waals surface area contributed by atoms with Crippen LogP contribution >= 0.6 is 11.3 Å². The third-order valence-corrected chi connectivity index (χ3v) is 7.82. The van der Waals surface area contributed by atoms with Gasteiger partial charge in [-0.05, 0) is 36.4 Å². The lowest BCUT2D eigenvalue weighted by molar-refractivity contribution is 0.00445. The molecular weight excluding hydrogens is 532 g/mol. The van der Waals surface area contributed by atoms with Crippen molar-refractivity contribution in [3.8, 4) is 5.88 Å². The number of rotatable bonds is 16. The van der Waals surface area contributed by atoms with E-state index in [1.54, 1.807) is 31.0 Å². The molecule has 38 heavy (non-hydrogen) atoms. The number of fused-ring (bicyclic) bond motifs is 3. The summed E-state index contributed by atoms with van der Waals surface area (Å²) in [5, 5.41) is 11.2. The molecule has 11 nitrogen and oxygen atoms in total. The van der Waals surface area contributed by atoms with Crippen LogP contribution in [0.3, 0.4) is 0 Å². The van der Waals surface area contributed by atoms with Gasteiger partial charge in [0.2, 0.25) is 10.0 Å². The monoisotopic (exact) mass is 562 g/mol. The Bertz CT molecular complexity index is 1450. The maximum absolute atomic E-state index is 12.6. The second-order valence-corrected chi connectivity index (χ2v) is 10.7. The minimum atomic E-state index is -3.69. The van der Waals surface area contributed by atoms with Crippen molar-refractivity contribution < 1.29 is 32.5 Å². The topological polar surface area (TPSA) is 144 Å². The fourth-order valence-corrected chi connectivity index (χ4v) is 5.47. The molecule has 0 unspecified atom stereocenters. The Balaban J connectivity index is 1.23. The lowest BCUT2D eigenvalue weighted by atomic mass is 10.1. The molecule has 0 aliphatic heterocycles. The van der Waals surface area contributed by atoms with Gasteiger partial charge in [0, 0.05) is 25.3 Å². The molecule has 0 spiro atoms. The van der Waals surface area contributed by atoms with Gasteiger partial charge in [0.25, 0.3) is 0 Å². The molecule has 0 atom stereocenters. The SMILES string of the molecule is COCCOCCOCCOCCNS(=O)(=O)c1ccc(N=Cc2c(O)[nH]c3ccc4ncsc4c23)cc1. The summed E-state index contributed by atoms with van der Waals surface area (Å²) < 4.78 is 49.5. The van der Waals surface area contributed by atoms with E-state index in [4.69, 9.17) is 18.9 Å². The summed E-state index contributed by atoms with van der Waals surface area (Å²) in [6.45, 7) is 3.11. The van der Waals surface area contributed by atoms with Crippen molar-refractivity contribution in [2.45, 2.75) is 4.90 Å². The molecule has 2 heterocycles. The minimum Gasteiger partial charge on any atom is -0.494 e. The Kier molecular flexibility index (Phi) is 10.2. The third-order valence-electron chi connectivity index (χ3n) is 5.48. The molecule has 0 radical (unpaired) electrons. The van der Waals surface area contributed by atoms with Gasteiger partial charge in [0.05, 0.1) is 83.6 Å². The number of hydrogen-bond acceptors (Lipinski definition) is 10. The highest BCUT2D eigenvalue weighted by Crippen LogP contribution is 2.34. The number of sulfonamides is 1. The van der Waals surface area contributed by atoms with Crippen molar-refractivity contribution in [2.24, 2.45) is 4.99 Å². The molecule has 0 aliphatic carbocycles. The highest BCUT2D eigenvalue weighted by molar-refractivity contribution is 7.89. The van der Waals surface area contributed by atoms with Gasteiger partial charge in [-0.15, -0.1) is 11.3 Å². The normalized spacial score (nSPS) is 12.3. The number of aromatic hydroxyl groups is 1. The minimum absolute atomic E-state index is 0.00814. The molecule has 13 heteroatoms. The van der Waals surface area contributed by atoms with Gasteiger partial charge in [-0.1, -0.05) is 0 Å². The van der Waals surface area contributed by atoms with Crippen molar-refractivity contribution in [2.75, 3.05) is 59.9 Å². The van der Waals surface area contributed by atoms with Gasteiger partial charge in [0.15, 0.2) is 5.88 Å². The van der Waals surface area contributed by atoms with Crippen molar-refractivity contribution >= 4 is 54.4 Å². The number of aromatic amines is 1. The van der Waals surface area contributed by atoms with E-state index in [1.807, 2.05) is 12.1 Å². The molecule has 2 aromatic heterocycles. The van der Waals surface area contributed by atoms with Gasteiger partial charge in [-0.2, -0.15) is 0 Å². The zero-order chi connectivity index (χ0) is 26.8. The summed E-state index contributed by atoms with van der Waals surface area (Å²) in [7, 11) is -2.08. The van der Waals surface area contributed by atoms with Crippen LogP contribution in [-0.4, -0.2) is 89.6 Å². The predicted octanol–water partition coefficient (Wildman–Crippen LogP) is 3.21. The average molecular weight is 563 g/mol. The van der Waals surface area contributed by atoms with Gasteiger partial charge in [-0.3, -0.25) is 4.99 Å². The fourth-order valence-electron chi connectivity index (χ4n) is 3.61. The van der Waals surface area contributed by atoms with Gasteiger partial charge in [-0.25, -0.2) is 18.1 Å². The molecule has 0 saturated carbocycles. The molecule has 0 fully saturated rings. The highest BCUT2D eigenvalue weighted by atomic mass is 32.2. The first-order valence-corrected chi connectivity index (χ1v) is 14.3. The number of aliphatic imine (C=N–C) groups is 1. The van der Waals surface area contributed by atoms with Crippen molar-refractivity contribution in [1.29, 1.82) is 0 Å². The summed E-state index contributed by atoms with van der Waals surface area (Å²) >= 11 is 1.49. The van der Waals surface area contributed by atoms with Crippen LogP contribution in [-0.2, 0) is 29.0 Å². The van der Waals surface area contributed by atoms with E-state index in [2.05, 4.69) is 19.7 Å². The van der Waals surface area contributed by atoms with Crippen LogP contribution in [0.15, 0.2) is 51.8 Å². The first kappa shape index (κ1) is 28.1. The average Bonchev–Trinajstić information content (AvgIpc) is 3.51.